The molecular weight excluding hydrogens is 298 g/mol. The number of rotatable bonds is 2. The third-order valence-electron chi connectivity index (χ3n) is 4.64. The summed E-state index contributed by atoms with van der Waals surface area (Å²) >= 11 is 0. The second-order valence-electron chi connectivity index (χ2n) is 5.85. The quantitative estimate of drug-likeness (QED) is 0.908. The van der Waals surface area contributed by atoms with Gasteiger partial charge in [-0.3, -0.25) is 4.79 Å². The number of nitrogens with two attached hydrogens (primary N) is 1. The first kappa shape index (κ1) is 16.2. The minimum atomic E-state index is -0.919. The predicted molar refractivity (Wildman–Crippen MR) is 78.1 cm³/mol. The molecule has 1 aliphatic carbocycles. The van der Waals surface area contributed by atoms with Crippen LogP contribution in [0.25, 0.3) is 0 Å². The topological polar surface area (TPSA) is 46.3 Å². The third kappa shape index (κ3) is 3.04. The van der Waals surface area contributed by atoms with Gasteiger partial charge < -0.3 is 10.6 Å². The Labute approximate surface area is 128 Å². The standard InChI is InChI=1S/C15H18F2N2O.ClH/c16-12-3-1-2-9(15(12)17)6-14(20)19-7-10-4-5-13(18)11(10)8-19;/h1-3,10-11,13H,4-8,18H2;1H. The number of carbonyl (C=O) groups is 1. The molecule has 6 heteroatoms. The van der Waals surface area contributed by atoms with E-state index in [4.69, 9.17) is 5.73 Å². The highest BCUT2D eigenvalue weighted by Gasteiger charge is 2.42. The van der Waals surface area contributed by atoms with Gasteiger partial charge in [0.1, 0.15) is 0 Å². The molecule has 2 N–H and O–H groups in total. The van der Waals surface area contributed by atoms with Crippen molar-refractivity contribution >= 4 is 18.3 Å². The van der Waals surface area contributed by atoms with Crippen molar-refractivity contribution in [2.75, 3.05) is 13.1 Å². The summed E-state index contributed by atoms with van der Waals surface area (Å²) in [7, 11) is 0. The first-order valence-electron chi connectivity index (χ1n) is 7.02. The molecule has 1 amide bonds. The molecule has 21 heavy (non-hydrogen) atoms. The maximum atomic E-state index is 13.6. The number of benzene rings is 1. The van der Waals surface area contributed by atoms with Crippen LogP contribution in [-0.4, -0.2) is 29.9 Å². The fourth-order valence-electron chi connectivity index (χ4n) is 3.47. The number of nitrogens with zero attached hydrogens (tertiary/aromatic N) is 1. The molecule has 1 saturated carbocycles. The van der Waals surface area contributed by atoms with Crippen LogP contribution in [0.1, 0.15) is 18.4 Å². The lowest BCUT2D eigenvalue weighted by Crippen LogP contribution is -2.34. The van der Waals surface area contributed by atoms with E-state index in [1.165, 1.54) is 12.1 Å². The monoisotopic (exact) mass is 316 g/mol. The number of amides is 1. The fourth-order valence-corrected chi connectivity index (χ4v) is 3.47. The maximum Gasteiger partial charge on any atom is 0.227 e. The number of hydrogen-bond donors (Lipinski definition) is 1. The van der Waals surface area contributed by atoms with Crippen molar-refractivity contribution in [3.8, 4) is 0 Å². The Morgan fingerprint density at radius 1 is 1.29 bits per heavy atom. The third-order valence-corrected chi connectivity index (χ3v) is 4.64. The predicted octanol–water partition coefficient (Wildman–Crippen LogP) is 2.12. The van der Waals surface area contributed by atoms with E-state index in [2.05, 4.69) is 0 Å². The molecule has 1 aromatic rings. The van der Waals surface area contributed by atoms with E-state index < -0.39 is 11.6 Å². The second-order valence-corrected chi connectivity index (χ2v) is 5.85. The van der Waals surface area contributed by atoms with Crippen molar-refractivity contribution in [2.45, 2.75) is 25.3 Å². The molecule has 3 unspecified atom stereocenters. The summed E-state index contributed by atoms with van der Waals surface area (Å²) in [6.07, 6.45) is 2.00. The lowest BCUT2D eigenvalue weighted by molar-refractivity contribution is -0.129. The molecule has 1 saturated heterocycles. The highest BCUT2D eigenvalue weighted by Crippen LogP contribution is 2.37. The second kappa shape index (κ2) is 6.28. The molecule has 0 bridgehead atoms. The number of fused-ring (bicyclic) bond motifs is 1. The van der Waals surface area contributed by atoms with Crippen LogP contribution in [0.3, 0.4) is 0 Å². The molecule has 116 valence electrons. The number of hydrogen-bond acceptors (Lipinski definition) is 2. The number of halogens is 3. The first-order chi connectivity index (χ1) is 9.56. The minimum Gasteiger partial charge on any atom is -0.342 e. The molecular formula is C15H19ClF2N2O. The van der Waals surface area contributed by atoms with Crippen LogP contribution in [0.5, 0.6) is 0 Å². The van der Waals surface area contributed by atoms with Crippen molar-refractivity contribution in [3.05, 3.63) is 35.4 Å². The molecule has 1 aromatic carbocycles. The van der Waals surface area contributed by atoms with Crippen molar-refractivity contribution < 1.29 is 13.6 Å². The average Bonchev–Trinajstić information content (AvgIpc) is 2.98. The van der Waals surface area contributed by atoms with Crippen molar-refractivity contribution in [1.29, 1.82) is 0 Å². The van der Waals surface area contributed by atoms with Crippen LogP contribution in [0.15, 0.2) is 18.2 Å². The Bertz CT molecular complexity index is 540. The molecule has 2 fully saturated rings. The van der Waals surface area contributed by atoms with Gasteiger partial charge in [0.05, 0.1) is 6.42 Å². The van der Waals surface area contributed by atoms with Gasteiger partial charge in [-0.1, -0.05) is 12.1 Å². The summed E-state index contributed by atoms with van der Waals surface area (Å²) in [5, 5.41) is 0. The highest BCUT2D eigenvalue weighted by molar-refractivity contribution is 5.85. The molecule has 2 aliphatic rings. The van der Waals surface area contributed by atoms with E-state index in [0.29, 0.717) is 24.9 Å². The molecule has 0 aromatic heterocycles. The Kier molecular flexibility index (Phi) is 4.84. The van der Waals surface area contributed by atoms with Crippen LogP contribution in [-0.2, 0) is 11.2 Å². The number of likely N-dealkylation sites (tertiary alicyclic amines) is 1. The zero-order chi connectivity index (χ0) is 14.3. The van der Waals surface area contributed by atoms with E-state index >= 15 is 0 Å². The largest absolute Gasteiger partial charge is 0.342 e. The average molecular weight is 317 g/mol. The van der Waals surface area contributed by atoms with Gasteiger partial charge in [0, 0.05) is 24.7 Å². The lowest BCUT2D eigenvalue weighted by atomic mass is 9.98. The van der Waals surface area contributed by atoms with Crippen LogP contribution in [0, 0.1) is 23.5 Å². The minimum absolute atomic E-state index is 0. The zero-order valence-corrected chi connectivity index (χ0v) is 12.4. The molecule has 0 radical (unpaired) electrons. The van der Waals surface area contributed by atoms with E-state index in [9.17, 15) is 13.6 Å². The Balaban J connectivity index is 0.00000161. The normalized spacial score (nSPS) is 27.4. The van der Waals surface area contributed by atoms with E-state index in [-0.39, 0.29) is 36.3 Å². The van der Waals surface area contributed by atoms with Gasteiger partial charge in [0.2, 0.25) is 5.91 Å². The van der Waals surface area contributed by atoms with Gasteiger partial charge in [-0.25, -0.2) is 8.78 Å². The molecule has 0 spiro atoms. The van der Waals surface area contributed by atoms with E-state index in [1.807, 2.05) is 0 Å². The van der Waals surface area contributed by atoms with Gasteiger partial charge in [-0.05, 0) is 30.7 Å². The van der Waals surface area contributed by atoms with Gasteiger partial charge in [0.15, 0.2) is 11.6 Å². The SMILES string of the molecule is Cl.NC1CCC2CN(C(=O)Cc3cccc(F)c3F)CC12. The van der Waals surface area contributed by atoms with Gasteiger partial charge in [-0.2, -0.15) is 0 Å². The van der Waals surface area contributed by atoms with Crippen molar-refractivity contribution in [2.24, 2.45) is 17.6 Å². The lowest BCUT2D eigenvalue weighted by Gasteiger charge is -2.19. The number of carbonyl (C=O) groups excluding carboxylic acids is 1. The summed E-state index contributed by atoms with van der Waals surface area (Å²) in [6, 6.07) is 4.11. The maximum absolute atomic E-state index is 13.6. The Hall–Kier alpha value is -1.20. The summed E-state index contributed by atoms with van der Waals surface area (Å²) < 4.78 is 26.7. The van der Waals surface area contributed by atoms with E-state index in [0.717, 1.165) is 18.9 Å². The van der Waals surface area contributed by atoms with E-state index in [1.54, 1.807) is 4.90 Å². The van der Waals surface area contributed by atoms with Gasteiger partial charge in [-0.15, -0.1) is 12.4 Å². The van der Waals surface area contributed by atoms with Gasteiger partial charge >= 0.3 is 0 Å². The summed E-state index contributed by atoms with van der Waals surface area (Å²) in [6.45, 7) is 1.36. The van der Waals surface area contributed by atoms with Crippen LogP contribution < -0.4 is 5.73 Å². The van der Waals surface area contributed by atoms with Crippen LogP contribution in [0.4, 0.5) is 8.78 Å². The highest BCUT2D eigenvalue weighted by atomic mass is 35.5. The molecule has 3 atom stereocenters. The van der Waals surface area contributed by atoms with Gasteiger partial charge in [0.25, 0.3) is 0 Å². The van der Waals surface area contributed by atoms with Crippen LogP contribution >= 0.6 is 12.4 Å². The van der Waals surface area contributed by atoms with Crippen molar-refractivity contribution in [3.63, 3.8) is 0 Å². The molecule has 3 nitrogen and oxygen atoms in total. The Morgan fingerprint density at radius 3 is 2.76 bits per heavy atom. The van der Waals surface area contributed by atoms with Crippen LogP contribution in [0.2, 0.25) is 0 Å². The smallest absolute Gasteiger partial charge is 0.227 e. The Morgan fingerprint density at radius 2 is 2.05 bits per heavy atom. The molecule has 1 aliphatic heterocycles. The fraction of sp³-hybridized carbons (Fsp3) is 0.533. The molecule has 1 heterocycles. The van der Waals surface area contributed by atoms with Crippen molar-refractivity contribution in [1.82, 2.24) is 4.90 Å². The zero-order valence-electron chi connectivity index (χ0n) is 11.6. The summed E-state index contributed by atoms with van der Waals surface area (Å²) in [5.74, 6) is -1.12. The summed E-state index contributed by atoms with van der Waals surface area (Å²) in [5.41, 5.74) is 6.15. The summed E-state index contributed by atoms with van der Waals surface area (Å²) in [4.78, 5) is 14.0. The molecule has 3 rings (SSSR count). The first-order valence-corrected chi connectivity index (χ1v) is 7.02.